The van der Waals surface area contributed by atoms with Gasteiger partial charge in [0.25, 0.3) is 0 Å². The first kappa shape index (κ1) is 14.0. The summed E-state index contributed by atoms with van der Waals surface area (Å²) in [7, 11) is 5.59. The minimum absolute atomic E-state index is 0.350. The van der Waals surface area contributed by atoms with Gasteiger partial charge in [-0.2, -0.15) is 0 Å². The second kappa shape index (κ2) is 7.30. The second-order valence-electron chi connectivity index (χ2n) is 4.24. The van der Waals surface area contributed by atoms with Crippen molar-refractivity contribution >= 4 is 0 Å². The van der Waals surface area contributed by atoms with E-state index in [-0.39, 0.29) is 0 Å². The van der Waals surface area contributed by atoms with Gasteiger partial charge in [0.15, 0.2) is 0 Å². The van der Waals surface area contributed by atoms with Crippen LogP contribution in [0.15, 0.2) is 24.3 Å². The quantitative estimate of drug-likeness (QED) is 0.681. The third-order valence-corrected chi connectivity index (χ3v) is 3.11. The predicted octanol–water partition coefficient (Wildman–Crippen LogP) is 2.72. The van der Waals surface area contributed by atoms with Gasteiger partial charge in [-0.05, 0) is 26.5 Å². The molecule has 0 heterocycles. The van der Waals surface area contributed by atoms with E-state index in [2.05, 4.69) is 31.0 Å². The van der Waals surface area contributed by atoms with Crippen LogP contribution >= 0.6 is 0 Å². The number of hydrogen-bond donors (Lipinski definition) is 0. The summed E-state index contributed by atoms with van der Waals surface area (Å²) in [6.45, 7) is 4.03. The molecule has 0 bridgehead atoms. The van der Waals surface area contributed by atoms with E-state index in [0.29, 0.717) is 6.04 Å². The van der Waals surface area contributed by atoms with E-state index >= 15 is 0 Å². The Morgan fingerprint density at radius 1 is 1.24 bits per heavy atom. The lowest BCUT2D eigenvalue weighted by Crippen LogP contribution is -2.24. The molecule has 1 aromatic rings. The molecule has 3 nitrogen and oxygen atoms in total. The lowest BCUT2D eigenvalue weighted by atomic mass is 10.1. The smallest absolute Gasteiger partial charge is 0.123 e. The van der Waals surface area contributed by atoms with Crippen LogP contribution in [-0.2, 0) is 4.74 Å². The van der Waals surface area contributed by atoms with Crippen LogP contribution in [0.25, 0.3) is 0 Å². The molecule has 0 radical (unpaired) electrons. The maximum atomic E-state index is 5.39. The van der Waals surface area contributed by atoms with Gasteiger partial charge < -0.3 is 9.47 Å². The van der Waals surface area contributed by atoms with Crippen molar-refractivity contribution in [3.63, 3.8) is 0 Å². The molecule has 17 heavy (non-hydrogen) atoms. The van der Waals surface area contributed by atoms with Crippen LogP contribution in [0.2, 0.25) is 0 Å². The summed E-state index contributed by atoms with van der Waals surface area (Å²) in [5, 5.41) is 0. The highest BCUT2D eigenvalue weighted by molar-refractivity contribution is 5.35. The Balaban J connectivity index is 2.64. The van der Waals surface area contributed by atoms with Crippen LogP contribution < -0.4 is 4.74 Å². The molecule has 0 saturated carbocycles. The van der Waals surface area contributed by atoms with E-state index in [0.717, 1.165) is 25.3 Å². The molecule has 96 valence electrons. The standard InChI is InChI=1S/C14H23NO2/c1-12(15(2)10-7-11-16-3)13-8-5-6-9-14(13)17-4/h5-6,8-9,12H,7,10-11H2,1-4H3/t12-/m0/s1. The third-order valence-electron chi connectivity index (χ3n) is 3.11. The van der Waals surface area contributed by atoms with Crippen molar-refractivity contribution in [2.75, 3.05) is 34.4 Å². The Labute approximate surface area is 104 Å². The highest BCUT2D eigenvalue weighted by Crippen LogP contribution is 2.27. The molecular formula is C14H23NO2. The van der Waals surface area contributed by atoms with Gasteiger partial charge in [-0.3, -0.25) is 4.90 Å². The molecule has 0 aliphatic carbocycles. The highest BCUT2D eigenvalue weighted by atomic mass is 16.5. The van der Waals surface area contributed by atoms with E-state index in [1.54, 1.807) is 14.2 Å². The number of nitrogens with zero attached hydrogens (tertiary/aromatic N) is 1. The molecule has 1 atom stereocenters. The number of para-hydroxylation sites is 1. The molecule has 1 aromatic carbocycles. The lowest BCUT2D eigenvalue weighted by Gasteiger charge is -2.26. The topological polar surface area (TPSA) is 21.7 Å². The first-order valence-electron chi connectivity index (χ1n) is 6.02. The van der Waals surface area contributed by atoms with Gasteiger partial charge in [-0.25, -0.2) is 0 Å². The van der Waals surface area contributed by atoms with Crippen LogP contribution in [0, 0.1) is 0 Å². The summed E-state index contributed by atoms with van der Waals surface area (Å²) in [6, 6.07) is 8.53. The second-order valence-corrected chi connectivity index (χ2v) is 4.24. The molecule has 0 amide bonds. The van der Waals surface area contributed by atoms with Crippen LogP contribution in [-0.4, -0.2) is 39.3 Å². The van der Waals surface area contributed by atoms with Crippen molar-refractivity contribution in [1.82, 2.24) is 4.90 Å². The van der Waals surface area contributed by atoms with Crippen molar-refractivity contribution < 1.29 is 9.47 Å². The fraction of sp³-hybridized carbons (Fsp3) is 0.571. The minimum Gasteiger partial charge on any atom is -0.496 e. The summed E-state index contributed by atoms with van der Waals surface area (Å²) in [4.78, 5) is 2.32. The number of benzene rings is 1. The molecule has 0 aromatic heterocycles. The summed E-state index contributed by atoms with van der Waals surface area (Å²) >= 11 is 0. The van der Waals surface area contributed by atoms with Crippen LogP contribution in [0.4, 0.5) is 0 Å². The summed E-state index contributed by atoms with van der Waals surface area (Å²) in [5.41, 5.74) is 1.23. The summed E-state index contributed by atoms with van der Waals surface area (Å²) < 4.78 is 10.5. The normalized spacial score (nSPS) is 12.8. The van der Waals surface area contributed by atoms with Crippen LogP contribution in [0.1, 0.15) is 24.9 Å². The largest absolute Gasteiger partial charge is 0.496 e. The maximum Gasteiger partial charge on any atom is 0.123 e. The number of rotatable bonds is 7. The Bertz CT molecular complexity index is 328. The molecule has 0 fully saturated rings. The lowest BCUT2D eigenvalue weighted by molar-refractivity contribution is 0.168. The zero-order chi connectivity index (χ0) is 12.7. The maximum absolute atomic E-state index is 5.39. The first-order valence-corrected chi connectivity index (χ1v) is 6.02. The van der Waals surface area contributed by atoms with Crippen LogP contribution in [0.5, 0.6) is 5.75 Å². The minimum atomic E-state index is 0.350. The number of ether oxygens (including phenoxy) is 2. The predicted molar refractivity (Wildman–Crippen MR) is 70.5 cm³/mol. The van der Waals surface area contributed by atoms with Gasteiger partial charge in [0.05, 0.1) is 7.11 Å². The third kappa shape index (κ3) is 4.02. The number of methoxy groups -OCH3 is 2. The van der Waals surface area contributed by atoms with Gasteiger partial charge in [-0.15, -0.1) is 0 Å². The van der Waals surface area contributed by atoms with Crippen molar-refractivity contribution in [2.24, 2.45) is 0 Å². The van der Waals surface area contributed by atoms with E-state index in [4.69, 9.17) is 9.47 Å². The monoisotopic (exact) mass is 237 g/mol. The zero-order valence-electron chi connectivity index (χ0n) is 11.3. The summed E-state index contributed by atoms with van der Waals surface area (Å²) in [5.74, 6) is 0.957. The van der Waals surface area contributed by atoms with Crippen LogP contribution in [0.3, 0.4) is 0 Å². The molecule has 0 aliphatic heterocycles. The molecular weight excluding hydrogens is 214 g/mol. The van der Waals surface area contributed by atoms with E-state index in [1.165, 1.54) is 5.56 Å². The molecule has 0 aliphatic rings. The SMILES string of the molecule is COCCCN(C)[C@@H](C)c1ccccc1OC. The highest BCUT2D eigenvalue weighted by Gasteiger charge is 2.14. The Kier molecular flexibility index (Phi) is 6.01. The van der Waals surface area contributed by atoms with Crippen molar-refractivity contribution in [2.45, 2.75) is 19.4 Å². The average Bonchev–Trinajstić information content (AvgIpc) is 2.38. The van der Waals surface area contributed by atoms with Crippen molar-refractivity contribution in [3.05, 3.63) is 29.8 Å². The fourth-order valence-electron chi connectivity index (χ4n) is 1.90. The number of hydrogen-bond acceptors (Lipinski definition) is 3. The molecule has 0 unspecified atom stereocenters. The molecule has 0 saturated heterocycles. The van der Waals surface area contributed by atoms with E-state index in [1.807, 2.05) is 12.1 Å². The van der Waals surface area contributed by atoms with Crippen molar-refractivity contribution in [3.8, 4) is 5.75 Å². The van der Waals surface area contributed by atoms with E-state index < -0.39 is 0 Å². The van der Waals surface area contributed by atoms with Gasteiger partial charge >= 0.3 is 0 Å². The Hall–Kier alpha value is -1.06. The Morgan fingerprint density at radius 3 is 2.59 bits per heavy atom. The molecule has 1 rings (SSSR count). The molecule has 0 N–H and O–H groups in total. The average molecular weight is 237 g/mol. The molecule has 0 spiro atoms. The van der Waals surface area contributed by atoms with E-state index in [9.17, 15) is 0 Å². The Morgan fingerprint density at radius 2 is 1.94 bits per heavy atom. The first-order chi connectivity index (χ1) is 8.20. The fourth-order valence-corrected chi connectivity index (χ4v) is 1.90. The zero-order valence-corrected chi connectivity index (χ0v) is 11.3. The molecule has 3 heteroatoms. The van der Waals surface area contributed by atoms with Crippen molar-refractivity contribution in [1.29, 1.82) is 0 Å². The van der Waals surface area contributed by atoms with Gasteiger partial charge in [0.1, 0.15) is 5.75 Å². The van der Waals surface area contributed by atoms with Gasteiger partial charge in [-0.1, -0.05) is 18.2 Å². The van der Waals surface area contributed by atoms with Gasteiger partial charge in [0, 0.05) is 31.9 Å². The summed E-state index contributed by atoms with van der Waals surface area (Å²) in [6.07, 6.45) is 1.05. The van der Waals surface area contributed by atoms with Gasteiger partial charge in [0.2, 0.25) is 0 Å².